The van der Waals surface area contributed by atoms with Crippen molar-refractivity contribution < 1.29 is 19.6 Å². The standard InChI is InChI=1S/C11H14N4O5/c1-7-6-8(15(19)20)2-3-9(7)13-14-11(18)10(17)12-4-5-16/h2-3,6,13,16H,4-5H2,1H3,(H,12,17)(H,14,18). The van der Waals surface area contributed by atoms with E-state index in [1.54, 1.807) is 6.92 Å². The number of non-ortho nitro benzene ring substituents is 1. The molecule has 108 valence electrons. The van der Waals surface area contributed by atoms with E-state index in [2.05, 4.69) is 16.2 Å². The molecular weight excluding hydrogens is 268 g/mol. The van der Waals surface area contributed by atoms with Crippen molar-refractivity contribution in [1.82, 2.24) is 10.7 Å². The number of aryl methyl sites for hydroxylation is 1. The molecular formula is C11H14N4O5. The number of carbonyl (C=O) groups excluding carboxylic acids is 2. The predicted octanol–water partition coefficient (Wildman–Crippen LogP) is -0.545. The number of aliphatic hydroxyl groups is 1. The summed E-state index contributed by atoms with van der Waals surface area (Å²) in [6.07, 6.45) is 0. The van der Waals surface area contributed by atoms with Crippen LogP contribution in [0.1, 0.15) is 5.56 Å². The lowest BCUT2D eigenvalue weighted by molar-refractivity contribution is -0.384. The van der Waals surface area contributed by atoms with Gasteiger partial charge in [0.25, 0.3) is 5.69 Å². The van der Waals surface area contributed by atoms with Gasteiger partial charge in [-0.3, -0.25) is 30.6 Å². The quantitative estimate of drug-likeness (QED) is 0.325. The molecule has 0 spiro atoms. The molecule has 20 heavy (non-hydrogen) atoms. The Balaban J connectivity index is 2.59. The molecule has 0 aromatic heterocycles. The van der Waals surface area contributed by atoms with Crippen molar-refractivity contribution in [3.05, 3.63) is 33.9 Å². The molecule has 0 unspecified atom stereocenters. The molecule has 0 aliphatic heterocycles. The van der Waals surface area contributed by atoms with Gasteiger partial charge in [-0.2, -0.15) is 0 Å². The molecule has 1 aromatic rings. The number of anilines is 1. The average molecular weight is 282 g/mol. The predicted molar refractivity (Wildman–Crippen MR) is 69.7 cm³/mol. The summed E-state index contributed by atoms with van der Waals surface area (Å²) >= 11 is 0. The highest BCUT2D eigenvalue weighted by Gasteiger charge is 2.13. The molecule has 0 saturated heterocycles. The number of nitrogens with one attached hydrogen (secondary N) is 3. The van der Waals surface area contributed by atoms with Crippen molar-refractivity contribution in [1.29, 1.82) is 0 Å². The summed E-state index contributed by atoms with van der Waals surface area (Å²) in [5, 5.41) is 21.2. The summed E-state index contributed by atoms with van der Waals surface area (Å²) in [4.78, 5) is 32.6. The number of hydrogen-bond acceptors (Lipinski definition) is 6. The Morgan fingerprint density at radius 2 is 2.05 bits per heavy atom. The van der Waals surface area contributed by atoms with Gasteiger partial charge in [0.15, 0.2) is 0 Å². The van der Waals surface area contributed by atoms with E-state index in [-0.39, 0.29) is 18.8 Å². The van der Waals surface area contributed by atoms with E-state index in [0.29, 0.717) is 11.3 Å². The molecule has 0 fully saturated rings. The van der Waals surface area contributed by atoms with Crippen molar-refractivity contribution in [2.24, 2.45) is 0 Å². The van der Waals surface area contributed by atoms with Crippen LogP contribution < -0.4 is 16.2 Å². The zero-order valence-corrected chi connectivity index (χ0v) is 10.7. The number of benzene rings is 1. The van der Waals surface area contributed by atoms with Crippen molar-refractivity contribution in [3.63, 3.8) is 0 Å². The number of nitro groups is 1. The van der Waals surface area contributed by atoms with Gasteiger partial charge in [0, 0.05) is 18.7 Å². The van der Waals surface area contributed by atoms with Crippen LogP contribution in [0.25, 0.3) is 0 Å². The fourth-order valence-corrected chi connectivity index (χ4v) is 1.33. The second-order valence-electron chi connectivity index (χ2n) is 3.81. The highest BCUT2D eigenvalue weighted by molar-refractivity contribution is 6.35. The van der Waals surface area contributed by atoms with Crippen LogP contribution in [0.2, 0.25) is 0 Å². The minimum atomic E-state index is -0.934. The van der Waals surface area contributed by atoms with Gasteiger partial charge >= 0.3 is 11.8 Å². The Bertz CT molecular complexity index is 532. The molecule has 9 heteroatoms. The third-order valence-corrected chi connectivity index (χ3v) is 2.34. The molecule has 0 atom stereocenters. The highest BCUT2D eigenvalue weighted by atomic mass is 16.6. The topological polar surface area (TPSA) is 134 Å². The summed E-state index contributed by atoms with van der Waals surface area (Å²) in [5.41, 5.74) is 5.53. The monoisotopic (exact) mass is 282 g/mol. The first-order chi connectivity index (χ1) is 9.45. The summed E-state index contributed by atoms with van der Waals surface area (Å²) in [5.74, 6) is -1.83. The number of rotatable bonds is 5. The maximum absolute atomic E-state index is 11.3. The number of nitrogens with zero attached hydrogens (tertiary/aromatic N) is 1. The van der Waals surface area contributed by atoms with Crippen molar-refractivity contribution >= 4 is 23.2 Å². The normalized spacial score (nSPS) is 9.70. The van der Waals surface area contributed by atoms with Crippen LogP contribution in [0, 0.1) is 17.0 Å². The van der Waals surface area contributed by atoms with E-state index in [4.69, 9.17) is 5.11 Å². The van der Waals surface area contributed by atoms with Gasteiger partial charge in [-0.05, 0) is 18.6 Å². The molecule has 0 aliphatic rings. The SMILES string of the molecule is Cc1cc([N+](=O)[O-])ccc1NNC(=O)C(=O)NCCO. The second-order valence-corrected chi connectivity index (χ2v) is 3.81. The molecule has 0 radical (unpaired) electrons. The van der Waals surface area contributed by atoms with Gasteiger partial charge in [-0.1, -0.05) is 0 Å². The summed E-state index contributed by atoms with van der Waals surface area (Å²) in [7, 11) is 0. The Kier molecular flexibility index (Phi) is 5.42. The fraction of sp³-hybridized carbons (Fsp3) is 0.273. The molecule has 9 nitrogen and oxygen atoms in total. The highest BCUT2D eigenvalue weighted by Crippen LogP contribution is 2.20. The smallest absolute Gasteiger partial charge is 0.327 e. The van der Waals surface area contributed by atoms with Crippen LogP contribution in [-0.2, 0) is 9.59 Å². The average Bonchev–Trinajstić information content (AvgIpc) is 2.42. The van der Waals surface area contributed by atoms with Crippen molar-refractivity contribution in [3.8, 4) is 0 Å². The molecule has 0 bridgehead atoms. The number of carbonyl (C=O) groups is 2. The number of hydrazine groups is 1. The second kappa shape index (κ2) is 7.04. The van der Waals surface area contributed by atoms with Crippen LogP contribution in [0.4, 0.5) is 11.4 Å². The molecule has 0 aliphatic carbocycles. The zero-order chi connectivity index (χ0) is 15.1. The number of hydrogen-bond donors (Lipinski definition) is 4. The fourth-order valence-electron chi connectivity index (χ4n) is 1.33. The Hall–Kier alpha value is -2.68. The van der Waals surface area contributed by atoms with E-state index < -0.39 is 16.7 Å². The van der Waals surface area contributed by atoms with E-state index in [0.717, 1.165) is 0 Å². The van der Waals surface area contributed by atoms with Crippen LogP contribution in [0.15, 0.2) is 18.2 Å². The van der Waals surface area contributed by atoms with Gasteiger partial charge in [0.2, 0.25) is 0 Å². The Morgan fingerprint density at radius 1 is 1.35 bits per heavy atom. The molecule has 2 amide bonds. The number of amides is 2. The Morgan fingerprint density at radius 3 is 2.60 bits per heavy atom. The van der Waals surface area contributed by atoms with Crippen LogP contribution in [0.5, 0.6) is 0 Å². The van der Waals surface area contributed by atoms with E-state index in [9.17, 15) is 19.7 Å². The maximum atomic E-state index is 11.3. The first-order valence-corrected chi connectivity index (χ1v) is 5.65. The number of aliphatic hydroxyl groups excluding tert-OH is 1. The minimum absolute atomic E-state index is 0.0250. The van der Waals surface area contributed by atoms with Crippen molar-refractivity contribution in [2.75, 3.05) is 18.6 Å². The molecule has 0 saturated carbocycles. The summed E-state index contributed by atoms with van der Waals surface area (Å²) < 4.78 is 0. The number of nitro benzene ring substituents is 1. The minimum Gasteiger partial charge on any atom is -0.395 e. The summed E-state index contributed by atoms with van der Waals surface area (Å²) in [6, 6.07) is 4.02. The van der Waals surface area contributed by atoms with Crippen LogP contribution in [0.3, 0.4) is 0 Å². The van der Waals surface area contributed by atoms with Crippen LogP contribution >= 0.6 is 0 Å². The van der Waals surface area contributed by atoms with Gasteiger partial charge in [0.05, 0.1) is 17.2 Å². The lowest BCUT2D eigenvalue weighted by atomic mass is 10.2. The molecule has 1 rings (SSSR count). The van der Waals surface area contributed by atoms with Gasteiger partial charge in [-0.15, -0.1) is 0 Å². The Labute approximate surface area is 114 Å². The lowest BCUT2D eigenvalue weighted by Crippen LogP contribution is -2.43. The molecule has 1 aromatic carbocycles. The van der Waals surface area contributed by atoms with Gasteiger partial charge < -0.3 is 10.4 Å². The first kappa shape index (κ1) is 15.4. The first-order valence-electron chi connectivity index (χ1n) is 5.65. The molecule has 0 heterocycles. The van der Waals surface area contributed by atoms with E-state index in [1.807, 2.05) is 0 Å². The summed E-state index contributed by atoms with van der Waals surface area (Å²) in [6.45, 7) is 1.32. The largest absolute Gasteiger partial charge is 0.395 e. The van der Waals surface area contributed by atoms with E-state index in [1.165, 1.54) is 18.2 Å². The third kappa shape index (κ3) is 4.21. The van der Waals surface area contributed by atoms with E-state index >= 15 is 0 Å². The third-order valence-electron chi connectivity index (χ3n) is 2.34. The zero-order valence-electron chi connectivity index (χ0n) is 10.7. The van der Waals surface area contributed by atoms with Crippen LogP contribution in [-0.4, -0.2) is 35.0 Å². The lowest BCUT2D eigenvalue weighted by Gasteiger charge is -2.10. The van der Waals surface area contributed by atoms with Crippen molar-refractivity contribution in [2.45, 2.75) is 6.92 Å². The molecule has 4 N–H and O–H groups in total. The van der Waals surface area contributed by atoms with Gasteiger partial charge in [-0.25, -0.2) is 0 Å². The maximum Gasteiger partial charge on any atom is 0.327 e. The van der Waals surface area contributed by atoms with Gasteiger partial charge in [0.1, 0.15) is 0 Å².